The van der Waals surface area contributed by atoms with Gasteiger partial charge in [0, 0.05) is 52.0 Å². The van der Waals surface area contributed by atoms with Crippen LogP contribution in [0.2, 0.25) is 0 Å². The highest BCUT2D eigenvalue weighted by Crippen LogP contribution is 2.32. The van der Waals surface area contributed by atoms with Gasteiger partial charge in [-0.25, -0.2) is 9.67 Å². The van der Waals surface area contributed by atoms with E-state index in [2.05, 4.69) is 232 Å². The van der Waals surface area contributed by atoms with Crippen LogP contribution in [-0.2, 0) is 0 Å². The Morgan fingerprint density at radius 1 is 0.492 bits per heavy atom. The van der Waals surface area contributed by atoms with E-state index < -0.39 is 0 Å². The molecule has 0 N–H and O–H groups in total. The number of pyridine rings is 1. The van der Waals surface area contributed by atoms with Crippen molar-refractivity contribution in [3.8, 4) is 33.9 Å². The lowest BCUT2D eigenvalue weighted by Gasteiger charge is -2.24. The molecule has 1 aliphatic rings. The molecule has 0 aliphatic carbocycles. The second-order valence-electron chi connectivity index (χ2n) is 15.7. The topological polar surface area (TPSA) is 42.1 Å². The molecule has 7 aromatic carbocycles. The van der Waals surface area contributed by atoms with E-state index in [1.807, 2.05) is 12.3 Å². The first kappa shape index (κ1) is 36.2. The van der Waals surface area contributed by atoms with Crippen LogP contribution < -0.4 is 26.2 Å². The number of aromatic nitrogens is 4. The third-order valence-corrected chi connectivity index (χ3v) is 11.8. The molecule has 290 valence electrons. The zero-order valence-corrected chi connectivity index (χ0v) is 33.8. The van der Waals surface area contributed by atoms with Crippen LogP contribution in [0.5, 0.6) is 0 Å². The van der Waals surface area contributed by atoms with Gasteiger partial charge in [-0.3, -0.25) is 4.57 Å². The summed E-state index contributed by atoms with van der Waals surface area (Å²) in [7, 11) is 0. The lowest BCUT2D eigenvalue weighted by Crippen LogP contribution is -2.53. The van der Waals surface area contributed by atoms with Gasteiger partial charge in [0.25, 0.3) is 0 Å². The van der Waals surface area contributed by atoms with Crippen LogP contribution in [-0.4, -0.2) is 32.7 Å². The maximum Gasteiger partial charge on any atom is 0.247 e. The number of para-hydroxylation sites is 2. The first-order valence-electron chi connectivity index (χ1n) is 20.8. The Morgan fingerprint density at radius 2 is 1.08 bits per heavy atom. The summed E-state index contributed by atoms with van der Waals surface area (Å²) in [5.74, 6) is 0. The van der Waals surface area contributed by atoms with E-state index in [0.29, 0.717) is 6.67 Å². The number of aryl methyl sites for hydroxylation is 1. The van der Waals surface area contributed by atoms with Gasteiger partial charge >= 0.3 is 0 Å². The Balaban J connectivity index is 1.16. The quantitative estimate of drug-likeness (QED) is 0.137. The highest BCUT2D eigenvalue weighted by atomic mass is 15.3. The molecule has 7 heteroatoms. The minimum Gasteiger partial charge on any atom is -0.328 e. The number of hydrogen-bond donors (Lipinski definition) is 0. The summed E-state index contributed by atoms with van der Waals surface area (Å²) in [6, 6.07) is 71.5. The summed E-state index contributed by atoms with van der Waals surface area (Å²) in [6.45, 7) is 2.61. The third-order valence-electron chi connectivity index (χ3n) is 11.8. The van der Waals surface area contributed by atoms with Crippen molar-refractivity contribution in [2.45, 2.75) is 6.92 Å². The average molecular weight is 785 g/mol. The summed E-state index contributed by atoms with van der Waals surface area (Å²) < 4.78 is 4.45. The van der Waals surface area contributed by atoms with Gasteiger partial charge < -0.3 is 9.80 Å². The minimum absolute atomic E-state index is 0.233. The van der Waals surface area contributed by atoms with E-state index in [-0.39, 0.29) is 6.71 Å². The van der Waals surface area contributed by atoms with Crippen LogP contribution in [0.1, 0.15) is 5.56 Å². The summed E-state index contributed by atoms with van der Waals surface area (Å²) in [5, 5.41) is 7.89. The van der Waals surface area contributed by atoms with Crippen LogP contribution in [0.15, 0.2) is 219 Å². The smallest absolute Gasteiger partial charge is 0.247 e. The van der Waals surface area contributed by atoms with Crippen molar-refractivity contribution < 1.29 is 0 Å². The molecule has 11 rings (SSSR count). The lowest BCUT2D eigenvalue weighted by molar-refractivity contribution is 0.892. The largest absolute Gasteiger partial charge is 0.328 e. The van der Waals surface area contributed by atoms with Crippen molar-refractivity contribution in [3.63, 3.8) is 0 Å². The molecule has 4 heterocycles. The van der Waals surface area contributed by atoms with Crippen molar-refractivity contribution in [2.75, 3.05) is 16.5 Å². The second-order valence-corrected chi connectivity index (χ2v) is 15.7. The molecule has 0 saturated heterocycles. The summed E-state index contributed by atoms with van der Waals surface area (Å²) in [4.78, 5) is 9.56. The first-order valence-corrected chi connectivity index (χ1v) is 20.8. The van der Waals surface area contributed by atoms with Crippen LogP contribution in [0, 0.1) is 6.92 Å². The van der Waals surface area contributed by atoms with Gasteiger partial charge in [0.15, 0.2) is 0 Å². The lowest BCUT2D eigenvalue weighted by atomic mass is 9.36. The minimum atomic E-state index is -0.233. The second kappa shape index (κ2) is 15.4. The number of nitrogens with zero attached hydrogens (tertiary/aromatic N) is 6. The van der Waals surface area contributed by atoms with Crippen molar-refractivity contribution in [1.82, 2.24) is 19.3 Å². The fourth-order valence-electron chi connectivity index (χ4n) is 8.94. The standard InChI is InChI=1S/C54H41BN6/c1-39-29-31-44(32-30-39)58-34-35-59(38-58)46-24-13-20-42(36-46)55(43-21-14-25-47(37-43)60-50-28-12-11-26-48(50)49-27-15-33-56-54(49)60)51-52(40-16-5-2-6-17-40)57-61(45-22-9-4-10-23-45)53(51)41-18-7-3-8-19-41/h2-37H,38H2,1H3. The predicted molar refractivity (Wildman–Crippen MR) is 254 cm³/mol. The van der Waals surface area contributed by atoms with E-state index in [1.165, 1.54) is 22.1 Å². The predicted octanol–water partition coefficient (Wildman–Crippen LogP) is 10.3. The van der Waals surface area contributed by atoms with Crippen LogP contribution in [0.3, 0.4) is 0 Å². The normalized spacial score (nSPS) is 12.5. The zero-order chi connectivity index (χ0) is 40.7. The zero-order valence-electron chi connectivity index (χ0n) is 33.8. The Bertz CT molecular complexity index is 3140. The maximum atomic E-state index is 5.58. The molecule has 0 amide bonds. The third kappa shape index (κ3) is 6.57. The number of anilines is 2. The molecule has 0 bridgehead atoms. The monoisotopic (exact) mass is 784 g/mol. The van der Waals surface area contributed by atoms with E-state index in [9.17, 15) is 0 Å². The number of rotatable bonds is 9. The molecule has 0 spiro atoms. The molecular weight excluding hydrogens is 743 g/mol. The van der Waals surface area contributed by atoms with Gasteiger partial charge in [-0.1, -0.05) is 150 Å². The van der Waals surface area contributed by atoms with Crippen molar-refractivity contribution in [3.05, 3.63) is 224 Å². The van der Waals surface area contributed by atoms with Gasteiger partial charge in [0.1, 0.15) is 5.65 Å². The Labute approximate surface area is 356 Å². The SMILES string of the molecule is Cc1ccc(N2C=CN(c3cccc(B(c4cccc(-n5c6ccccc6c6cccnc65)c4)c4c(-c5ccccc5)nn(-c5ccccc5)c4-c4ccccc4)c3)C2)cc1. The Morgan fingerprint density at radius 3 is 1.82 bits per heavy atom. The Hall–Kier alpha value is -7.90. The van der Waals surface area contributed by atoms with Crippen LogP contribution in [0.25, 0.3) is 55.8 Å². The maximum absolute atomic E-state index is 5.58. The fourth-order valence-corrected chi connectivity index (χ4v) is 8.94. The van der Waals surface area contributed by atoms with Gasteiger partial charge in [0.2, 0.25) is 6.71 Å². The van der Waals surface area contributed by atoms with Gasteiger partial charge in [-0.15, -0.1) is 0 Å². The molecule has 3 aromatic heterocycles. The van der Waals surface area contributed by atoms with Gasteiger partial charge in [-0.05, 0) is 84.7 Å². The average Bonchev–Trinajstić information content (AvgIpc) is 4.06. The molecular formula is C54H41BN6. The number of hydrogen-bond acceptors (Lipinski definition) is 4. The summed E-state index contributed by atoms with van der Waals surface area (Å²) in [5.41, 5.74) is 15.2. The molecule has 0 radical (unpaired) electrons. The molecule has 0 fully saturated rings. The summed E-state index contributed by atoms with van der Waals surface area (Å²) in [6.07, 6.45) is 6.24. The van der Waals surface area contributed by atoms with E-state index in [4.69, 9.17) is 10.1 Å². The van der Waals surface area contributed by atoms with Crippen LogP contribution >= 0.6 is 0 Å². The number of benzene rings is 7. The fraction of sp³-hybridized carbons (Fsp3) is 0.0370. The molecule has 0 atom stereocenters. The molecule has 10 aromatic rings. The highest BCUT2D eigenvalue weighted by Gasteiger charge is 2.34. The van der Waals surface area contributed by atoms with Crippen molar-refractivity contribution in [1.29, 1.82) is 0 Å². The highest BCUT2D eigenvalue weighted by molar-refractivity contribution is 6.97. The molecule has 0 unspecified atom stereocenters. The molecule has 6 nitrogen and oxygen atoms in total. The van der Waals surface area contributed by atoms with Crippen molar-refractivity contribution >= 4 is 56.4 Å². The molecule has 0 saturated carbocycles. The van der Waals surface area contributed by atoms with E-state index in [1.54, 1.807) is 0 Å². The molecule has 61 heavy (non-hydrogen) atoms. The summed E-state index contributed by atoms with van der Waals surface area (Å²) >= 11 is 0. The number of fused-ring (bicyclic) bond motifs is 3. The van der Waals surface area contributed by atoms with Crippen LogP contribution in [0.4, 0.5) is 11.4 Å². The van der Waals surface area contributed by atoms with E-state index in [0.717, 1.165) is 67.1 Å². The van der Waals surface area contributed by atoms with E-state index >= 15 is 0 Å². The van der Waals surface area contributed by atoms with Crippen molar-refractivity contribution in [2.24, 2.45) is 0 Å². The molecule has 1 aliphatic heterocycles. The van der Waals surface area contributed by atoms with Gasteiger partial charge in [-0.2, -0.15) is 5.10 Å². The Kier molecular flexibility index (Phi) is 9.12. The van der Waals surface area contributed by atoms with Gasteiger partial charge in [0.05, 0.1) is 29.3 Å². The first-order chi connectivity index (χ1) is 30.2.